The highest BCUT2D eigenvalue weighted by molar-refractivity contribution is 6.00. The van der Waals surface area contributed by atoms with Crippen LogP contribution in [0.1, 0.15) is 61.6 Å². The second-order valence-corrected chi connectivity index (χ2v) is 18.1. The Hall–Kier alpha value is -7.88. The molecule has 0 unspecified atom stereocenters. The molecule has 0 radical (unpaired) electrons. The minimum absolute atomic E-state index is 0.00633. The summed E-state index contributed by atoms with van der Waals surface area (Å²) in [6, 6.07) is 15.0. The first-order valence-electron chi connectivity index (χ1n) is 24.1. The Balaban J connectivity index is 1.40. The number of nitrogens with two attached hydrogens (primary N) is 3. The van der Waals surface area contributed by atoms with Crippen molar-refractivity contribution in [2.45, 2.75) is 113 Å². The van der Waals surface area contributed by atoms with Crippen LogP contribution in [0.15, 0.2) is 96.0 Å². The van der Waals surface area contributed by atoms with Gasteiger partial charge in [0.25, 0.3) is 0 Å². The standard InChI is InChI=1S/C50H64N12O10/c51-41(64)28-36-45(68)60-38(29-63)46(69)59-37(27-32-17-8-3-9-18-32)48(71)62-24-12-21-40(62)49(72)61-23-11-20-39(61)47(70)55-33(19-10-22-54-50(52)53)42(65)56-34(25-30-13-4-1-5-14-30)43(66)57-35(44(67)58-36)26-31-15-6-2-7-16-31/h1-9,13-18,33-40,63H,10-12,19-29H2,(H2,51,64)(H,55,70)(H,56,65)(H,57,66)(H,58,67)(H,59,69)(H,60,68)(H4,52,53,54)/t33-,34-,35-,36-,37-,38-,39-,40+/m0/s1. The van der Waals surface area contributed by atoms with Gasteiger partial charge < -0.3 is 64.0 Å². The third-order valence-electron chi connectivity index (χ3n) is 12.8. The lowest BCUT2D eigenvalue weighted by Crippen LogP contribution is -2.62. The number of rotatable bonds is 13. The van der Waals surface area contributed by atoms with E-state index in [1.54, 1.807) is 91.0 Å². The molecule has 0 spiro atoms. The summed E-state index contributed by atoms with van der Waals surface area (Å²) in [7, 11) is 0. The van der Waals surface area contributed by atoms with Crippen molar-refractivity contribution in [3.8, 4) is 0 Å². The molecule has 3 aromatic rings. The van der Waals surface area contributed by atoms with E-state index in [1.807, 2.05) is 0 Å². The highest BCUT2D eigenvalue weighted by Crippen LogP contribution is 2.26. The van der Waals surface area contributed by atoms with Gasteiger partial charge in [-0.2, -0.15) is 0 Å². The normalized spacial score (nSPS) is 25.1. The number of primary amides is 1. The number of nitrogens with one attached hydrogen (secondary N) is 6. The van der Waals surface area contributed by atoms with E-state index in [-0.39, 0.29) is 70.5 Å². The van der Waals surface area contributed by atoms with Crippen LogP contribution in [0.4, 0.5) is 0 Å². The quantitative estimate of drug-likeness (QED) is 0.0485. The monoisotopic (exact) mass is 992 g/mol. The van der Waals surface area contributed by atoms with E-state index in [1.165, 1.54) is 9.80 Å². The molecule has 0 aromatic heterocycles. The van der Waals surface area contributed by atoms with E-state index in [4.69, 9.17) is 17.2 Å². The number of amides is 9. The highest BCUT2D eigenvalue weighted by Gasteiger charge is 2.45. The van der Waals surface area contributed by atoms with Gasteiger partial charge in [0, 0.05) is 38.9 Å². The zero-order chi connectivity index (χ0) is 51.7. The van der Waals surface area contributed by atoms with Crippen molar-refractivity contribution in [3.63, 3.8) is 0 Å². The molecule has 9 amide bonds. The van der Waals surface area contributed by atoms with Crippen molar-refractivity contribution in [2.24, 2.45) is 22.2 Å². The fourth-order valence-electron chi connectivity index (χ4n) is 9.16. The molecular weight excluding hydrogens is 929 g/mol. The molecule has 3 heterocycles. The molecular formula is C50H64N12O10. The van der Waals surface area contributed by atoms with Crippen LogP contribution < -0.4 is 49.1 Å². The summed E-state index contributed by atoms with van der Waals surface area (Å²) in [5.74, 6) is -7.63. The second kappa shape index (κ2) is 25.8. The molecule has 8 atom stereocenters. The summed E-state index contributed by atoms with van der Waals surface area (Å²) in [6.07, 6.45) is 0.477. The fraction of sp³-hybridized carbons (Fsp3) is 0.440. The minimum Gasteiger partial charge on any atom is -0.394 e. The van der Waals surface area contributed by atoms with E-state index in [0.717, 1.165) is 0 Å². The number of nitrogens with zero attached hydrogens (tertiary/aromatic N) is 3. The number of aliphatic hydroxyl groups excluding tert-OH is 1. The van der Waals surface area contributed by atoms with E-state index in [0.29, 0.717) is 29.5 Å². The molecule has 384 valence electrons. The molecule has 3 aliphatic rings. The Labute approximate surface area is 416 Å². The first-order valence-corrected chi connectivity index (χ1v) is 24.1. The van der Waals surface area contributed by atoms with Gasteiger partial charge in [-0.1, -0.05) is 91.0 Å². The maximum absolute atomic E-state index is 14.6. The number of fused-ring (bicyclic) bond motifs is 2. The summed E-state index contributed by atoms with van der Waals surface area (Å²) < 4.78 is 0. The van der Waals surface area contributed by atoms with Crippen LogP contribution in [0.3, 0.4) is 0 Å². The smallest absolute Gasteiger partial charge is 0.246 e. The number of benzene rings is 3. The average Bonchev–Trinajstić information content (AvgIpc) is 4.07. The summed E-state index contributed by atoms with van der Waals surface area (Å²) in [5.41, 5.74) is 18.5. The Morgan fingerprint density at radius 3 is 1.42 bits per heavy atom. The Morgan fingerprint density at radius 2 is 0.917 bits per heavy atom. The van der Waals surface area contributed by atoms with Crippen molar-refractivity contribution in [1.29, 1.82) is 0 Å². The number of carbonyl (C=O) groups is 9. The molecule has 13 N–H and O–H groups in total. The first-order chi connectivity index (χ1) is 34.6. The third-order valence-corrected chi connectivity index (χ3v) is 12.8. The van der Waals surface area contributed by atoms with Gasteiger partial charge in [-0.3, -0.25) is 48.1 Å². The van der Waals surface area contributed by atoms with Gasteiger partial charge in [-0.25, -0.2) is 0 Å². The van der Waals surface area contributed by atoms with Crippen LogP contribution in [0, 0.1) is 0 Å². The maximum Gasteiger partial charge on any atom is 0.246 e. The average molecular weight is 993 g/mol. The lowest BCUT2D eigenvalue weighted by molar-refractivity contribution is -0.148. The first kappa shape index (κ1) is 53.5. The fourth-order valence-corrected chi connectivity index (χ4v) is 9.16. The zero-order valence-electron chi connectivity index (χ0n) is 39.9. The number of aliphatic imine (C=N–C) groups is 1. The van der Waals surface area contributed by atoms with Crippen molar-refractivity contribution in [3.05, 3.63) is 108 Å². The van der Waals surface area contributed by atoms with Crippen molar-refractivity contribution in [2.75, 3.05) is 26.2 Å². The minimum atomic E-state index is -1.74. The van der Waals surface area contributed by atoms with Gasteiger partial charge in [0.05, 0.1) is 13.0 Å². The molecule has 6 rings (SSSR count). The predicted octanol–water partition coefficient (Wildman–Crippen LogP) is -2.46. The van der Waals surface area contributed by atoms with Gasteiger partial charge in [0.1, 0.15) is 48.3 Å². The van der Waals surface area contributed by atoms with Gasteiger partial charge in [-0.15, -0.1) is 0 Å². The molecule has 0 aliphatic carbocycles. The molecule has 22 heteroatoms. The molecule has 22 nitrogen and oxygen atoms in total. The predicted molar refractivity (Wildman–Crippen MR) is 262 cm³/mol. The van der Waals surface area contributed by atoms with Gasteiger partial charge >= 0.3 is 0 Å². The van der Waals surface area contributed by atoms with Gasteiger partial charge in [0.2, 0.25) is 53.2 Å². The lowest BCUT2D eigenvalue weighted by atomic mass is 10.0. The molecule has 3 aliphatic heterocycles. The summed E-state index contributed by atoms with van der Waals surface area (Å²) in [4.78, 5) is 134. The lowest BCUT2D eigenvalue weighted by Gasteiger charge is -2.34. The van der Waals surface area contributed by atoms with Crippen LogP contribution in [0.25, 0.3) is 0 Å². The Kier molecular flexibility index (Phi) is 19.2. The van der Waals surface area contributed by atoms with Crippen LogP contribution in [0.2, 0.25) is 0 Å². The van der Waals surface area contributed by atoms with E-state index in [2.05, 4.69) is 36.9 Å². The SMILES string of the molecule is NC(=O)C[C@@H]1NC(=O)[C@H](Cc2ccccc2)NC(=O)[C@H](Cc2ccccc2)NC(=O)[C@H](CCCN=C(N)N)NC(=O)[C@@H]2CCCN2C(=O)[C@H]2CCCN2C(=O)[C@H](Cc2ccccc2)NC(=O)[C@H](CO)NC1=O. The summed E-state index contributed by atoms with van der Waals surface area (Å²) in [6.45, 7) is -0.584. The molecule has 0 bridgehead atoms. The number of aliphatic hydroxyl groups is 1. The van der Waals surface area contributed by atoms with Crippen LogP contribution >= 0.6 is 0 Å². The van der Waals surface area contributed by atoms with E-state index < -0.39 is 115 Å². The summed E-state index contributed by atoms with van der Waals surface area (Å²) >= 11 is 0. The molecule has 3 saturated heterocycles. The number of carbonyl (C=O) groups excluding carboxylic acids is 9. The molecule has 72 heavy (non-hydrogen) atoms. The van der Waals surface area contributed by atoms with Crippen molar-refractivity contribution < 1.29 is 48.3 Å². The van der Waals surface area contributed by atoms with E-state index >= 15 is 0 Å². The third kappa shape index (κ3) is 14.8. The molecule has 3 fully saturated rings. The van der Waals surface area contributed by atoms with E-state index in [9.17, 15) is 48.3 Å². The van der Waals surface area contributed by atoms with Crippen molar-refractivity contribution in [1.82, 2.24) is 41.7 Å². The topological polar surface area (TPSA) is 343 Å². The molecule has 0 saturated carbocycles. The van der Waals surface area contributed by atoms with Gasteiger partial charge in [0.15, 0.2) is 5.96 Å². The Morgan fingerprint density at radius 1 is 0.514 bits per heavy atom. The Bertz CT molecular complexity index is 2440. The summed E-state index contributed by atoms with van der Waals surface area (Å²) in [5, 5.41) is 26.3. The second-order valence-electron chi connectivity index (χ2n) is 18.1. The van der Waals surface area contributed by atoms with Gasteiger partial charge in [-0.05, 0) is 55.2 Å². The largest absolute Gasteiger partial charge is 0.394 e. The van der Waals surface area contributed by atoms with Crippen LogP contribution in [-0.2, 0) is 62.4 Å². The van der Waals surface area contributed by atoms with Crippen LogP contribution in [0.5, 0.6) is 0 Å². The number of hydrogen-bond acceptors (Lipinski definition) is 11. The van der Waals surface area contributed by atoms with Crippen molar-refractivity contribution >= 4 is 59.1 Å². The molecule has 3 aromatic carbocycles. The van der Waals surface area contributed by atoms with Crippen LogP contribution in [-0.4, -0.2) is 149 Å². The number of guanidine groups is 1. The number of hydrogen-bond donors (Lipinski definition) is 10. The highest BCUT2D eigenvalue weighted by atomic mass is 16.3. The zero-order valence-corrected chi connectivity index (χ0v) is 39.9. The maximum atomic E-state index is 14.6.